The zero-order chi connectivity index (χ0) is 16.4. The van der Waals surface area contributed by atoms with Crippen molar-refractivity contribution < 1.29 is 19.2 Å². The first-order valence-electron chi connectivity index (χ1n) is 6.79. The lowest BCUT2D eigenvalue weighted by Gasteiger charge is -2.13. The minimum absolute atomic E-state index is 0.0220. The second kappa shape index (κ2) is 10.2. The third-order valence-corrected chi connectivity index (χ3v) is 3.45. The highest BCUT2D eigenvalue weighted by molar-refractivity contribution is 8.00. The molecular formula is C13H23N3O4S. The van der Waals surface area contributed by atoms with Gasteiger partial charge in [-0.15, -0.1) is 0 Å². The van der Waals surface area contributed by atoms with E-state index in [1.54, 1.807) is 6.26 Å². The molecule has 0 bridgehead atoms. The Morgan fingerprint density at radius 2 is 1.95 bits per heavy atom. The van der Waals surface area contributed by atoms with Gasteiger partial charge < -0.3 is 11.1 Å². The molecule has 8 heteroatoms. The quantitative estimate of drug-likeness (QED) is 0.664. The number of nitrogens with two attached hydrogens (primary N) is 1. The normalized spacial score (nSPS) is 17.3. The molecule has 1 aliphatic heterocycles. The van der Waals surface area contributed by atoms with Crippen LogP contribution in [-0.4, -0.2) is 53.1 Å². The molecule has 1 fully saturated rings. The van der Waals surface area contributed by atoms with Crippen LogP contribution in [0.5, 0.6) is 0 Å². The lowest BCUT2D eigenvalue weighted by atomic mass is 10.3. The van der Waals surface area contributed by atoms with Crippen molar-refractivity contribution in [2.24, 2.45) is 5.73 Å². The van der Waals surface area contributed by atoms with Gasteiger partial charge in [0.05, 0.1) is 11.8 Å². The fourth-order valence-corrected chi connectivity index (χ4v) is 2.20. The zero-order valence-corrected chi connectivity index (χ0v) is 13.5. The molecule has 0 aromatic rings. The molecule has 0 radical (unpaired) electrons. The van der Waals surface area contributed by atoms with Crippen LogP contribution in [0.1, 0.15) is 33.1 Å². The fourth-order valence-electron chi connectivity index (χ4n) is 1.56. The molecular weight excluding hydrogens is 294 g/mol. The van der Waals surface area contributed by atoms with Crippen LogP contribution < -0.4 is 11.1 Å². The van der Waals surface area contributed by atoms with E-state index in [0.29, 0.717) is 0 Å². The monoisotopic (exact) mass is 317 g/mol. The molecule has 0 saturated carbocycles. The second-order valence-electron chi connectivity index (χ2n) is 4.51. The minimum Gasteiger partial charge on any atom is -0.368 e. The highest BCUT2D eigenvalue weighted by atomic mass is 32.2. The number of hydrogen-bond donors (Lipinski definition) is 2. The van der Waals surface area contributed by atoms with Crippen molar-refractivity contribution in [3.8, 4) is 0 Å². The molecule has 3 N–H and O–H groups in total. The Morgan fingerprint density at radius 3 is 2.38 bits per heavy atom. The third kappa shape index (κ3) is 7.12. The predicted octanol–water partition coefficient (Wildman–Crippen LogP) is -0.115. The molecule has 1 atom stereocenters. The van der Waals surface area contributed by atoms with Gasteiger partial charge in [0.25, 0.3) is 0 Å². The fraction of sp³-hybridized carbons (Fsp3) is 0.692. The van der Waals surface area contributed by atoms with Gasteiger partial charge in [0.2, 0.25) is 23.6 Å². The number of likely N-dealkylation sites (tertiary alicyclic amines) is 1. The molecule has 1 unspecified atom stereocenters. The molecule has 7 nitrogen and oxygen atoms in total. The number of hydrogen-bond acceptors (Lipinski definition) is 5. The Balaban J connectivity index is 0.00000122. The van der Waals surface area contributed by atoms with Gasteiger partial charge in [0, 0.05) is 19.4 Å². The van der Waals surface area contributed by atoms with Crippen LogP contribution in [-0.2, 0) is 19.2 Å². The molecule has 1 aliphatic rings. The molecule has 4 amide bonds. The largest absolute Gasteiger partial charge is 0.368 e. The van der Waals surface area contributed by atoms with Crippen LogP contribution in [0.3, 0.4) is 0 Å². The van der Waals surface area contributed by atoms with E-state index in [-0.39, 0.29) is 43.0 Å². The molecule has 120 valence electrons. The average molecular weight is 317 g/mol. The van der Waals surface area contributed by atoms with E-state index >= 15 is 0 Å². The number of carbonyl (C=O) groups excluding carboxylic acids is 4. The van der Waals surface area contributed by atoms with Gasteiger partial charge in [-0.2, -0.15) is 11.8 Å². The van der Waals surface area contributed by atoms with Crippen LogP contribution >= 0.6 is 11.8 Å². The van der Waals surface area contributed by atoms with E-state index in [9.17, 15) is 19.2 Å². The van der Waals surface area contributed by atoms with Gasteiger partial charge >= 0.3 is 0 Å². The first kappa shape index (κ1) is 19.4. The van der Waals surface area contributed by atoms with Crippen LogP contribution in [0, 0.1) is 0 Å². The Morgan fingerprint density at radius 1 is 1.38 bits per heavy atom. The van der Waals surface area contributed by atoms with Crippen molar-refractivity contribution in [2.75, 3.05) is 19.3 Å². The highest BCUT2D eigenvalue weighted by Gasteiger charge is 2.37. The van der Waals surface area contributed by atoms with E-state index in [2.05, 4.69) is 19.2 Å². The summed E-state index contributed by atoms with van der Waals surface area (Å²) in [5, 5.41) is 1.95. The average Bonchev–Trinajstić information content (AvgIpc) is 2.69. The Bertz CT molecular complexity index is 401. The van der Waals surface area contributed by atoms with Gasteiger partial charge in [-0.25, -0.2) is 0 Å². The van der Waals surface area contributed by atoms with Gasteiger partial charge in [-0.1, -0.05) is 20.3 Å². The van der Waals surface area contributed by atoms with Crippen LogP contribution in [0.15, 0.2) is 0 Å². The Hall–Kier alpha value is -1.57. The topological polar surface area (TPSA) is 110 Å². The van der Waals surface area contributed by atoms with Crippen molar-refractivity contribution in [3.63, 3.8) is 0 Å². The number of amides is 4. The molecule has 1 heterocycles. The van der Waals surface area contributed by atoms with Crippen molar-refractivity contribution in [3.05, 3.63) is 0 Å². The Labute approximate surface area is 129 Å². The standard InChI is InChI=1S/C10H15N3O4S.C3H8/c1-18-6-4-9(16)13(10(6)17)3-2-8(15)12-5-7(11)14;1-3-2/h6H,2-5H2,1H3,(H2,11,14)(H,12,15);3H2,1-2H3. The number of thioether (sulfide) groups is 1. The summed E-state index contributed by atoms with van der Waals surface area (Å²) >= 11 is 1.32. The molecule has 1 rings (SSSR count). The maximum atomic E-state index is 11.7. The van der Waals surface area contributed by atoms with Crippen molar-refractivity contribution in [1.29, 1.82) is 0 Å². The molecule has 0 aliphatic carbocycles. The van der Waals surface area contributed by atoms with Crippen molar-refractivity contribution in [1.82, 2.24) is 10.2 Å². The highest BCUT2D eigenvalue weighted by Crippen LogP contribution is 2.22. The van der Waals surface area contributed by atoms with Gasteiger partial charge in [0.1, 0.15) is 0 Å². The lowest BCUT2D eigenvalue weighted by Crippen LogP contribution is -2.37. The van der Waals surface area contributed by atoms with E-state index in [0.717, 1.165) is 4.90 Å². The van der Waals surface area contributed by atoms with E-state index in [1.165, 1.54) is 18.2 Å². The number of carbonyl (C=O) groups is 4. The molecule has 0 aromatic carbocycles. The number of rotatable bonds is 6. The molecule has 21 heavy (non-hydrogen) atoms. The minimum atomic E-state index is -0.640. The Kier molecular flexibility index (Phi) is 9.44. The summed E-state index contributed by atoms with van der Waals surface area (Å²) in [7, 11) is 0. The van der Waals surface area contributed by atoms with Gasteiger partial charge in [-0.05, 0) is 6.26 Å². The van der Waals surface area contributed by atoms with Crippen molar-refractivity contribution >= 4 is 35.4 Å². The first-order valence-corrected chi connectivity index (χ1v) is 8.08. The maximum absolute atomic E-state index is 11.7. The lowest BCUT2D eigenvalue weighted by molar-refractivity contribution is -0.138. The van der Waals surface area contributed by atoms with E-state index < -0.39 is 11.8 Å². The smallest absolute Gasteiger partial charge is 0.242 e. The molecule has 1 saturated heterocycles. The van der Waals surface area contributed by atoms with Gasteiger partial charge in [-0.3, -0.25) is 24.1 Å². The summed E-state index contributed by atoms with van der Waals surface area (Å²) in [4.78, 5) is 46.0. The van der Waals surface area contributed by atoms with Crippen LogP contribution in [0.4, 0.5) is 0 Å². The zero-order valence-electron chi connectivity index (χ0n) is 12.7. The summed E-state index contributed by atoms with van der Waals surface area (Å²) in [5.74, 6) is -1.57. The second-order valence-corrected chi connectivity index (χ2v) is 5.55. The number of nitrogens with one attached hydrogen (secondary N) is 1. The summed E-state index contributed by atoms with van der Waals surface area (Å²) in [6.45, 7) is 4.05. The van der Waals surface area contributed by atoms with Crippen LogP contribution in [0.2, 0.25) is 0 Å². The summed E-state index contributed by atoms with van der Waals surface area (Å²) in [5.41, 5.74) is 4.86. The van der Waals surface area contributed by atoms with E-state index in [4.69, 9.17) is 5.73 Å². The molecule has 0 aromatic heterocycles. The summed E-state index contributed by atoms with van der Waals surface area (Å²) in [6.07, 6.45) is 3.17. The SMILES string of the molecule is CCC.CSC1CC(=O)N(CCC(=O)NCC(N)=O)C1=O. The van der Waals surface area contributed by atoms with Gasteiger partial charge in [0.15, 0.2) is 0 Å². The number of primary amides is 1. The molecule has 0 spiro atoms. The number of nitrogens with zero attached hydrogens (tertiary/aromatic N) is 1. The van der Waals surface area contributed by atoms with Crippen LogP contribution in [0.25, 0.3) is 0 Å². The first-order chi connectivity index (χ1) is 9.87. The maximum Gasteiger partial charge on any atom is 0.242 e. The van der Waals surface area contributed by atoms with Crippen molar-refractivity contribution in [2.45, 2.75) is 38.4 Å². The number of imide groups is 1. The van der Waals surface area contributed by atoms with E-state index in [1.807, 2.05) is 0 Å². The summed E-state index contributed by atoms with van der Waals surface area (Å²) < 4.78 is 0. The third-order valence-electron chi connectivity index (χ3n) is 2.51. The summed E-state index contributed by atoms with van der Waals surface area (Å²) in [6, 6.07) is 0. The predicted molar refractivity (Wildman–Crippen MR) is 81.4 cm³/mol.